The first-order chi connectivity index (χ1) is 15.1. The monoisotopic (exact) mass is 416 g/mol. The number of nitrogens with zero attached hydrogens (tertiary/aromatic N) is 2. The average molecular weight is 416 g/mol. The van der Waals surface area contributed by atoms with Gasteiger partial charge in [0.1, 0.15) is 17.3 Å². The number of ether oxygens (including phenoxy) is 1. The SMILES string of the molecule is COc1ccc(C(=O)N(Cc2ccccc2)Cc2cc(-c3ccc(F)cc3)on2)cc1. The Kier molecular flexibility index (Phi) is 6.08. The molecule has 0 saturated carbocycles. The first-order valence-electron chi connectivity index (χ1n) is 9.81. The lowest BCUT2D eigenvalue weighted by molar-refractivity contribution is 0.0726. The third-order valence-electron chi connectivity index (χ3n) is 4.88. The molecule has 4 aromatic rings. The number of halogens is 1. The molecule has 0 bridgehead atoms. The summed E-state index contributed by atoms with van der Waals surface area (Å²) in [5, 5.41) is 4.12. The molecule has 0 aliphatic rings. The van der Waals surface area contributed by atoms with Crippen LogP contribution in [0.5, 0.6) is 5.75 Å². The number of aromatic nitrogens is 1. The van der Waals surface area contributed by atoms with Crippen LogP contribution in [0.15, 0.2) is 89.5 Å². The van der Waals surface area contributed by atoms with Gasteiger partial charge < -0.3 is 14.2 Å². The summed E-state index contributed by atoms with van der Waals surface area (Å²) in [6, 6.07) is 24.5. The van der Waals surface area contributed by atoms with Gasteiger partial charge in [0.05, 0.1) is 13.7 Å². The van der Waals surface area contributed by atoms with Crippen LogP contribution in [-0.2, 0) is 13.1 Å². The molecule has 1 aromatic heterocycles. The minimum atomic E-state index is -0.317. The topological polar surface area (TPSA) is 55.6 Å². The van der Waals surface area contributed by atoms with Crippen LogP contribution in [0.1, 0.15) is 21.6 Å². The van der Waals surface area contributed by atoms with Crippen LogP contribution in [0.4, 0.5) is 4.39 Å². The lowest BCUT2D eigenvalue weighted by Crippen LogP contribution is -2.30. The van der Waals surface area contributed by atoms with Crippen molar-refractivity contribution in [2.45, 2.75) is 13.1 Å². The van der Waals surface area contributed by atoms with E-state index in [-0.39, 0.29) is 18.3 Å². The summed E-state index contributed by atoms with van der Waals surface area (Å²) < 4.78 is 23.8. The lowest BCUT2D eigenvalue weighted by atomic mass is 10.1. The van der Waals surface area contributed by atoms with Gasteiger partial charge in [-0.1, -0.05) is 35.5 Å². The summed E-state index contributed by atoms with van der Waals surface area (Å²) in [4.78, 5) is 15.0. The molecule has 31 heavy (non-hydrogen) atoms. The van der Waals surface area contributed by atoms with Crippen molar-refractivity contribution in [1.29, 1.82) is 0 Å². The van der Waals surface area contributed by atoms with Gasteiger partial charge in [-0.05, 0) is 54.1 Å². The zero-order chi connectivity index (χ0) is 21.6. The second-order valence-corrected chi connectivity index (χ2v) is 7.06. The summed E-state index contributed by atoms with van der Waals surface area (Å²) in [7, 11) is 1.59. The molecule has 0 aliphatic carbocycles. The molecule has 1 amide bonds. The molecule has 5 nitrogen and oxygen atoms in total. The van der Waals surface area contributed by atoms with Gasteiger partial charge in [-0.3, -0.25) is 4.79 Å². The normalized spacial score (nSPS) is 10.6. The third-order valence-corrected chi connectivity index (χ3v) is 4.88. The van der Waals surface area contributed by atoms with E-state index in [0.29, 0.717) is 29.3 Å². The maximum Gasteiger partial charge on any atom is 0.254 e. The number of benzene rings is 3. The Balaban J connectivity index is 1.58. The van der Waals surface area contributed by atoms with E-state index in [1.807, 2.05) is 30.3 Å². The summed E-state index contributed by atoms with van der Waals surface area (Å²) in [5.74, 6) is 0.763. The standard InChI is InChI=1S/C25H21FN2O3/c1-30-23-13-9-20(10-14-23)25(29)28(16-18-5-3-2-4-6-18)17-22-15-24(31-27-22)19-7-11-21(26)12-8-19/h2-15H,16-17H2,1H3. The average Bonchev–Trinajstić information content (AvgIpc) is 3.28. The summed E-state index contributed by atoms with van der Waals surface area (Å²) in [6.07, 6.45) is 0. The molecule has 0 N–H and O–H groups in total. The van der Waals surface area contributed by atoms with Crippen LogP contribution in [0.25, 0.3) is 11.3 Å². The van der Waals surface area contributed by atoms with Gasteiger partial charge in [-0.15, -0.1) is 0 Å². The number of amides is 1. The zero-order valence-electron chi connectivity index (χ0n) is 17.0. The van der Waals surface area contributed by atoms with Crippen molar-refractivity contribution in [2.24, 2.45) is 0 Å². The first-order valence-corrected chi connectivity index (χ1v) is 9.81. The lowest BCUT2D eigenvalue weighted by Gasteiger charge is -2.22. The van der Waals surface area contributed by atoms with Crippen LogP contribution >= 0.6 is 0 Å². The largest absolute Gasteiger partial charge is 0.497 e. The van der Waals surface area contributed by atoms with Gasteiger partial charge >= 0.3 is 0 Å². The Bertz CT molecular complexity index is 1140. The minimum Gasteiger partial charge on any atom is -0.497 e. The van der Waals surface area contributed by atoms with E-state index in [4.69, 9.17) is 9.26 Å². The van der Waals surface area contributed by atoms with Crippen LogP contribution in [0.2, 0.25) is 0 Å². The van der Waals surface area contributed by atoms with Crippen molar-refractivity contribution >= 4 is 5.91 Å². The molecule has 0 unspecified atom stereocenters. The molecule has 0 fully saturated rings. The first kappa shape index (κ1) is 20.3. The van der Waals surface area contributed by atoms with Crippen LogP contribution in [-0.4, -0.2) is 23.1 Å². The van der Waals surface area contributed by atoms with E-state index in [0.717, 1.165) is 11.1 Å². The fourth-order valence-corrected chi connectivity index (χ4v) is 3.25. The van der Waals surface area contributed by atoms with E-state index in [2.05, 4.69) is 5.16 Å². The molecule has 0 radical (unpaired) electrons. The molecular formula is C25H21FN2O3. The van der Waals surface area contributed by atoms with Gasteiger partial charge in [0, 0.05) is 23.7 Å². The maximum atomic E-state index is 13.3. The highest BCUT2D eigenvalue weighted by molar-refractivity contribution is 5.94. The molecule has 6 heteroatoms. The molecular weight excluding hydrogens is 395 g/mol. The van der Waals surface area contributed by atoms with Crippen molar-refractivity contribution in [2.75, 3.05) is 7.11 Å². The van der Waals surface area contributed by atoms with E-state index in [9.17, 15) is 9.18 Å². The Morgan fingerprint density at radius 2 is 1.68 bits per heavy atom. The summed E-state index contributed by atoms with van der Waals surface area (Å²) in [6.45, 7) is 0.689. The zero-order valence-corrected chi connectivity index (χ0v) is 17.0. The number of hydrogen-bond donors (Lipinski definition) is 0. The molecule has 0 atom stereocenters. The van der Waals surface area contributed by atoms with Gasteiger partial charge in [0.15, 0.2) is 5.76 Å². The van der Waals surface area contributed by atoms with Crippen molar-refractivity contribution < 1.29 is 18.4 Å². The Morgan fingerprint density at radius 3 is 2.35 bits per heavy atom. The number of hydrogen-bond acceptors (Lipinski definition) is 4. The van der Waals surface area contributed by atoms with Crippen molar-refractivity contribution in [1.82, 2.24) is 10.1 Å². The smallest absolute Gasteiger partial charge is 0.254 e. The van der Waals surface area contributed by atoms with Crippen molar-refractivity contribution in [3.63, 3.8) is 0 Å². The number of carbonyl (C=O) groups is 1. The highest BCUT2D eigenvalue weighted by atomic mass is 19.1. The Hall–Kier alpha value is -3.93. The van der Waals surface area contributed by atoms with Crippen LogP contribution in [0, 0.1) is 5.82 Å². The summed E-state index contributed by atoms with van der Waals surface area (Å²) >= 11 is 0. The predicted molar refractivity (Wildman–Crippen MR) is 115 cm³/mol. The highest BCUT2D eigenvalue weighted by Crippen LogP contribution is 2.23. The Morgan fingerprint density at radius 1 is 0.968 bits per heavy atom. The van der Waals surface area contributed by atoms with E-state index in [1.165, 1.54) is 12.1 Å². The molecule has 0 spiro atoms. The van der Waals surface area contributed by atoms with Crippen LogP contribution < -0.4 is 4.74 Å². The van der Waals surface area contributed by atoms with E-state index < -0.39 is 0 Å². The molecule has 3 aromatic carbocycles. The van der Waals surface area contributed by atoms with Gasteiger partial charge in [0.2, 0.25) is 0 Å². The quantitative estimate of drug-likeness (QED) is 0.409. The predicted octanol–water partition coefficient (Wildman–Crippen LogP) is 5.33. The fraction of sp³-hybridized carbons (Fsp3) is 0.120. The minimum absolute atomic E-state index is 0.127. The second-order valence-electron chi connectivity index (χ2n) is 7.06. The molecule has 0 saturated heterocycles. The molecule has 1 heterocycles. The molecule has 4 rings (SSSR count). The maximum absolute atomic E-state index is 13.3. The van der Waals surface area contributed by atoms with Crippen molar-refractivity contribution in [3.8, 4) is 17.1 Å². The Labute approximate surface area is 179 Å². The summed E-state index contributed by atoms with van der Waals surface area (Å²) in [5.41, 5.74) is 2.89. The number of carbonyl (C=O) groups excluding carboxylic acids is 1. The molecule has 156 valence electrons. The molecule has 0 aliphatic heterocycles. The van der Waals surface area contributed by atoms with E-state index >= 15 is 0 Å². The van der Waals surface area contributed by atoms with Crippen LogP contribution in [0.3, 0.4) is 0 Å². The van der Waals surface area contributed by atoms with E-state index in [1.54, 1.807) is 54.5 Å². The highest BCUT2D eigenvalue weighted by Gasteiger charge is 2.19. The van der Waals surface area contributed by atoms with Gasteiger partial charge in [0.25, 0.3) is 5.91 Å². The van der Waals surface area contributed by atoms with Crippen molar-refractivity contribution in [3.05, 3.63) is 108 Å². The fourth-order valence-electron chi connectivity index (χ4n) is 3.25. The van der Waals surface area contributed by atoms with Gasteiger partial charge in [-0.25, -0.2) is 4.39 Å². The van der Waals surface area contributed by atoms with Gasteiger partial charge in [-0.2, -0.15) is 0 Å². The third kappa shape index (κ3) is 4.98. The number of rotatable bonds is 7. The number of methoxy groups -OCH3 is 1. The second kappa shape index (κ2) is 9.26.